The van der Waals surface area contributed by atoms with Crippen LogP contribution in [0, 0.1) is 5.92 Å². The highest BCUT2D eigenvalue weighted by Gasteiger charge is 2.24. The molecule has 6 N–H and O–H groups in total. The molecule has 32 heavy (non-hydrogen) atoms. The zero-order chi connectivity index (χ0) is 21.9. The summed E-state index contributed by atoms with van der Waals surface area (Å²) in [5.74, 6) is 2.02. The molecule has 0 radical (unpaired) electrons. The Hall–Kier alpha value is -3.11. The summed E-state index contributed by atoms with van der Waals surface area (Å²) in [6.07, 6.45) is 12.8. The van der Waals surface area contributed by atoms with Crippen LogP contribution >= 0.6 is 11.3 Å². The van der Waals surface area contributed by atoms with Crippen LogP contribution in [0.3, 0.4) is 0 Å². The first-order valence-electron chi connectivity index (χ1n) is 11.0. The van der Waals surface area contributed by atoms with Gasteiger partial charge >= 0.3 is 6.03 Å². The number of imidazole rings is 2. The van der Waals surface area contributed by atoms with Gasteiger partial charge in [0.25, 0.3) is 0 Å². The summed E-state index contributed by atoms with van der Waals surface area (Å²) >= 11 is 1.60. The van der Waals surface area contributed by atoms with Crippen LogP contribution in [0.1, 0.15) is 42.8 Å². The number of urea groups is 1. The molecule has 0 aliphatic heterocycles. The Balaban J connectivity index is 1.36. The van der Waals surface area contributed by atoms with Crippen molar-refractivity contribution in [2.75, 3.05) is 10.6 Å². The Labute approximate surface area is 189 Å². The van der Waals surface area contributed by atoms with E-state index in [-0.39, 0.29) is 12.1 Å². The molecule has 1 saturated carbocycles. The van der Waals surface area contributed by atoms with Crippen LogP contribution in [0.25, 0.3) is 10.2 Å². The second kappa shape index (κ2) is 9.17. The van der Waals surface area contributed by atoms with E-state index in [4.69, 9.17) is 0 Å². The van der Waals surface area contributed by atoms with E-state index >= 15 is 0 Å². The maximum Gasteiger partial charge on any atom is 0.325 e. The summed E-state index contributed by atoms with van der Waals surface area (Å²) in [6.45, 7) is 0. The van der Waals surface area contributed by atoms with Gasteiger partial charge in [-0.05, 0) is 50.5 Å². The Kier molecular flexibility index (Phi) is 5.95. The molecule has 4 aromatic rings. The van der Waals surface area contributed by atoms with Crippen molar-refractivity contribution in [2.45, 2.75) is 51.0 Å². The number of carbonyl (C=O) groups is 1. The molecule has 0 saturated heterocycles. The van der Waals surface area contributed by atoms with E-state index in [0.717, 1.165) is 77.2 Å². The van der Waals surface area contributed by atoms with E-state index < -0.39 is 0 Å². The SMILES string of the molecule is O=C(Nc1cnc[nH]1)Nc1sc2cc(CCc3ncc[nH]3)[nH]c2c1CC1CCC(O)CC1. The van der Waals surface area contributed by atoms with Crippen molar-refractivity contribution in [1.29, 1.82) is 0 Å². The van der Waals surface area contributed by atoms with E-state index in [9.17, 15) is 9.90 Å². The predicted molar refractivity (Wildman–Crippen MR) is 125 cm³/mol. The standard InChI is InChI=1S/C22H27N7O2S/c30-15-4-1-13(2-5-15)9-16-20-17(10-14(27-20)3-6-18-24-7-8-25-18)32-21(16)29-22(31)28-19-11-23-12-26-19/h7-8,10-13,15,27,30H,1-6,9H2,(H,23,26)(H,24,25)(H2,28,29,31). The van der Waals surface area contributed by atoms with E-state index in [2.05, 4.69) is 41.6 Å². The highest BCUT2D eigenvalue weighted by atomic mass is 32.1. The number of hydrogen-bond acceptors (Lipinski definition) is 5. The van der Waals surface area contributed by atoms with Crippen LogP contribution < -0.4 is 10.6 Å². The minimum absolute atomic E-state index is 0.176. The lowest BCUT2D eigenvalue weighted by molar-refractivity contribution is 0.109. The first-order chi connectivity index (χ1) is 15.6. The Morgan fingerprint density at radius 1 is 1.19 bits per heavy atom. The number of anilines is 2. The molecule has 2 amide bonds. The number of aliphatic hydroxyl groups excluding tert-OH is 1. The molecule has 0 spiro atoms. The number of aryl methyl sites for hydroxylation is 2. The molecule has 1 aliphatic carbocycles. The third-order valence-corrected chi connectivity index (χ3v) is 7.19. The van der Waals surface area contributed by atoms with Crippen molar-refractivity contribution in [2.24, 2.45) is 5.92 Å². The van der Waals surface area contributed by atoms with Crippen LogP contribution in [0.4, 0.5) is 15.6 Å². The number of aromatic nitrogens is 5. The molecule has 10 heteroatoms. The van der Waals surface area contributed by atoms with Crippen molar-refractivity contribution in [3.8, 4) is 0 Å². The summed E-state index contributed by atoms with van der Waals surface area (Å²) in [4.78, 5) is 30.4. The molecule has 0 aromatic carbocycles. The summed E-state index contributed by atoms with van der Waals surface area (Å²) < 4.78 is 1.14. The number of aliphatic hydroxyl groups is 1. The number of nitrogens with zero attached hydrogens (tertiary/aromatic N) is 2. The van der Waals surface area contributed by atoms with Gasteiger partial charge in [-0.1, -0.05) is 0 Å². The normalized spacial score (nSPS) is 18.8. The average molecular weight is 454 g/mol. The van der Waals surface area contributed by atoms with Gasteiger partial charge in [0.05, 0.1) is 28.8 Å². The van der Waals surface area contributed by atoms with Gasteiger partial charge in [-0.3, -0.25) is 10.6 Å². The Morgan fingerprint density at radius 2 is 2.06 bits per heavy atom. The largest absolute Gasteiger partial charge is 0.393 e. The first-order valence-corrected chi connectivity index (χ1v) is 11.8. The van der Waals surface area contributed by atoms with Gasteiger partial charge < -0.3 is 20.1 Å². The Bertz CT molecular complexity index is 1150. The lowest BCUT2D eigenvalue weighted by Crippen LogP contribution is -2.21. The number of fused-ring (bicyclic) bond motifs is 1. The van der Waals surface area contributed by atoms with Crippen molar-refractivity contribution in [3.05, 3.63) is 48.1 Å². The summed E-state index contributed by atoms with van der Waals surface area (Å²) in [5.41, 5.74) is 3.42. The second-order valence-electron chi connectivity index (χ2n) is 8.40. The number of carbonyl (C=O) groups excluding carboxylic acids is 1. The number of H-pyrrole nitrogens is 3. The molecule has 168 valence electrons. The quantitative estimate of drug-likeness (QED) is 0.250. The van der Waals surface area contributed by atoms with Crippen molar-refractivity contribution in [1.82, 2.24) is 24.9 Å². The Morgan fingerprint density at radius 3 is 2.81 bits per heavy atom. The number of thiophene rings is 1. The molecule has 9 nitrogen and oxygen atoms in total. The number of rotatable bonds is 7. The van der Waals surface area contributed by atoms with Gasteiger partial charge in [0.15, 0.2) is 0 Å². The number of amides is 2. The first kappa shape index (κ1) is 20.8. The van der Waals surface area contributed by atoms with E-state index in [0.29, 0.717) is 11.7 Å². The number of aromatic amines is 3. The number of nitrogens with one attached hydrogen (secondary N) is 5. The lowest BCUT2D eigenvalue weighted by atomic mass is 9.83. The molecule has 0 unspecified atom stereocenters. The maximum atomic E-state index is 12.5. The summed E-state index contributed by atoms with van der Waals surface area (Å²) in [6, 6.07) is 1.88. The molecule has 0 bridgehead atoms. The van der Waals surface area contributed by atoms with Crippen molar-refractivity contribution in [3.63, 3.8) is 0 Å². The zero-order valence-corrected chi connectivity index (χ0v) is 18.5. The molecule has 5 rings (SSSR count). The van der Waals surface area contributed by atoms with Gasteiger partial charge in [0, 0.05) is 30.1 Å². The van der Waals surface area contributed by atoms with Crippen LogP contribution in [0.5, 0.6) is 0 Å². The molecular formula is C22H27N7O2S. The minimum Gasteiger partial charge on any atom is -0.393 e. The van der Waals surface area contributed by atoms with E-state index in [1.807, 2.05) is 6.20 Å². The summed E-state index contributed by atoms with van der Waals surface area (Å²) in [5, 5.41) is 16.6. The van der Waals surface area contributed by atoms with E-state index in [1.54, 1.807) is 23.7 Å². The third kappa shape index (κ3) is 4.71. The zero-order valence-electron chi connectivity index (χ0n) is 17.6. The number of hydrogen-bond donors (Lipinski definition) is 6. The second-order valence-corrected chi connectivity index (χ2v) is 9.45. The van der Waals surface area contributed by atoms with Gasteiger partial charge in [0.1, 0.15) is 16.6 Å². The fourth-order valence-corrected chi connectivity index (χ4v) is 5.56. The molecular weight excluding hydrogens is 426 g/mol. The fraction of sp³-hybridized carbons (Fsp3) is 0.409. The van der Waals surface area contributed by atoms with E-state index in [1.165, 1.54) is 6.33 Å². The smallest absolute Gasteiger partial charge is 0.325 e. The van der Waals surface area contributed by atoms with Crippen LogP contribution in [-0.4, -0.2) is 42.2 Å². The highest BCUT2D eigenvalue weighted by molar-refractivity contribution is 7.23. The minimum atomic E-state index is -0.295. The third-order valence-electron chi connectivity index (χ3n) is 6.09. The molecule has 0 atom stereocenters. The monoisotopic (exact) mass is 453 g/mol. The molecule has 1 fully saturated rings. The van der Waals surface area contributed by atoms with Crippen LogP contribution in [0.15, 0.2) is 31.0 Å². The fourth-order valence-electron chi connectivity index (χ4n) is 4.42. The molecule has 1 aliphatic rings. The maximum absolute atomic E-state index is 12.5. The molecule has 4 aromatic heterocycles. The topological polar surface area (TPSA) is 135 Å². The van der Waals surface area contributed by atoms with Crippen LogP contribution in [0.2, 0.25) is 0 Å². The molecule has 4 heterocycles. The van der Waals surface area contributed by atoms with Gasteiger partial charge in [0.2, 0.25) is 0 Å². The van der Waals surface area contributed by atoms with Crippen molar-refractivity contribution >= 4 is 38.4 Å². The summed E-state index contributed by atoms with van der Waals surface area (Å²) in [7, 11) is 0. The average Bonchev–Trinajstić information content (AvgIpc) is 3.56. The van der Waals surface area contributed by atoms with Gasteiger partial charge in [-0.15, -0.1) is 11.3 Å². The van der Waals surface area contributed by atoms with Crippen LogP contribution in [-0.2, 0) is 19.3 Å². The lowest BCUT2D eigenvalue weighted by Gasteiger charge is -2.25. The van der Waals surface area contributed by atoms with Gasteiger partial charge in [-0.2, -0.15) is 0 Å². The van der Waals surface area contributed by atoms with Crippen molar-refractivity contribution < 1.29 is 9.90 Å². The van der Waals surface area contributed by atoms with Gasteiger partial charge in [-0.25, -0.2) is 14.8 Å². The predicted octanol–water partition coefficient (Wildman–Crippen LogP) is 4.20. The highest BCUT2D eigenvalue weighted by Crippen LogP contribution is 2.40.